The first-order valence-corrected chi connectivity index (χ1v) is 7.81. The van der Waals surface area contributed by atoms with Gasteiger partial charge in [0.1, 0.15) is 6.04 Å². The van der Waals surface area contributed by atoms with Crippen LogP contribution in [-0.4, -0.2) is 41.4 Å². The molecule has 0 aliphatic carbocycles. The zero-order valence-corrected chi connectivity index (χ0v) is 14.1. The first-order valence-electron chi connectivity index (χ1n) is 7.43. The molecule has 0 radical (unpaired) electrons. The van der Waals surface area contributed by atoms with Gasteiger partial charge in [-0.05, 0) is 24.6 Å². The van der Waals surface area contributed by atoms with Gasteiger partial charge in [-0.15, -0.1) is 0 Å². The van der Waals surface area contributed by atoms with E-state index in [0.717, 1.165) is 5.69 Å². The third-order valence-electron chi connectivity index (χ3n) is 3.87. The maximum absolute atomic E-state index is 12.6. The number of aryl methyl sites for hydroxylation is 1. The average molecular weight is 349 g/mol. The Labute approximate surface area is 144 Å². The molecule has 8 heteroatoms. The van der Waals surface area contributed by atoms with E-state index in [4.69, 9.17) is 16.3 Å². The number of hydrogen-bond acceptors (Lipinski definition) is 5. The predicted molar refractivity (Wildman–Crippen MR) is 90.4 cm³/mol. The number of carbonyl (C=O) groups excluding carboxylic acids is 2. The summed E-state index contributed by atoms with van der Waals surface area (Å²) in [4.78, 5) is 25.9. The summed E-state index contributed by atoms with van der Waals surface area (Å²) < 4.78 is 6.36. The molecule has 1 aromatic heterocycles. The van der Waals surface area contributed by atoms with Crippen molar-refractivity contribution in [2.24, 2.45) is 7.05 Å². The smallest absolute Gasteiger partial charge is 0.337 e. The maximum atomic E-state index is 12.6. The molecule has 3 rings (SSSR count). The van der Waals surface area contributed by atoms with Crippen molar-refractivity contribution in [3.63, 3.8) is 0 Å². The van der Waals surface area contributed by atoms with Crippen LogP contribution in [0.3, 0.4) is 0 Å². The van der Waals surface area contributed by atoms with E-state index in [2.05, 4.69) is 10.4 Å². The highest BCUT2D eigenvalue weighted by molar-refractivity contribution is 6.31. The van der Waals surface area contributed by atoms with Crippen LogP contribution in [0.15, 0.2) is 30.6 Å². The van der Waals surface area contributed by atoms with Gasteiger partial charge in [-0.1, -0.05) is 11.6 Å². The highest BCUT2D eigenvalue weighted by Gasteiger charge is 2.33. The number of nitrogens with zero attached hydrogens (tertiary/aromatic N) is 3. The minimum absolute atomic E-state index is 0.0393. The zero-order valence-electron chi connectivity index (χ0n) is 13.3. The highest BCUT2D eigenvalue weighted by Crippen LogP contribution is 2.25. The quantitative estimate of drug-likeness (QED) is 0.856. The van der Waals surface area contributed by atoms with E-state index in [0.29, 0.717) is 29.2 Å². The van der Waals surface area contributed by atoms with Crippen LogP contribution in [0.25, 0.3) is 0 Å². The number of hydrogen-bond donors (Lipinski definition) is 1. The summed E-state index contributed by atoms with van der Waals surface area (Å²) in [5.74, 6) is -0.516. The lowest BCUT2D eigenvalue weighted by Crippen LogP contribution is -2.33. The minimum Gasteiger partial charge on any atom is -0.465 e. The summed E-state index contributed by atoms with van der Waals surface area (Å²) in [6.07, 6.45) is 4.11. The molecule has 0 unspecified atom stereocenters. The molecule has 2 aromatic rings. The van der Waals surface area contributed by atoms with Crippen molar-refractivity contribution in [3.05, 3.63) is 41.2 Å². The molecule has 7 nitrogen and oxygen atoms in total. The number of esters is 1. The van der Waals surface area contributed by atoms with Gasteiger partial charge in [0.15, 0.2) is 0 Å². The number of amides is 1. The van der Waals surface area contributed by atoms with E-state index >= 15 is 0 Å². The SMILES string of the molecule is COC(=O)c1cc(Cl)cc(N[C@@H]2CCN(c3cnn(C)c3)C2=O)c1. The van der Waals surface area contributed by atoms with Crippen LogP contribution in [0.2, 0.25) is 5.02 Å². The number of halogens is 1. The third-order valence-corrected chi connectivity index (χ3v) is 4.09. The van der Waals surface area contributed by atoms with E-state index < -0.39 is 5.97 Å². The lowest BCUT2D eigenvalue weighted by Gasteiger charge is -2.16. The Morgan fingerprint density at radius 2 is 2.21 bits per heavy atom. The van der Waals surface area contributed by atoms with Gasteiger partial charge in [-0.25, -0.2) is 4.79 Å². The van der Waals surface area contributed by atoms with E-state index in [1.165, 1.54) is 13.2 Å². The summed E-state index contributed by atoms with van der Waals surface area (Å²) in [5, 5.41) is 7.64. The van der Waals surface area contributed by atoms with Crippen molar-refractivity contribution in [1.29, 1.82) is 0 Å². The van der Waals surface area contributed by atoms with Gasteiger partial charge in [0, 0.05) is 30.5 Å². The molecule has 1 aromatic carbocycles. The highest BCUT2D eigenvalue weighted by atomic mass is 35.5. The molecule has 0 bridgehead atoms. The van der Waals surface area contributed by atoms with E-state index in [9.17, 15) is 9.59 Å². The van der Waals surface area contributed by atoms with E-state index in [-0.39, 0.29) is 11.9 Å². The number of anilines is 2. The van der Waals surface area contributed by atoms with Crippen LogP contribution < -0.4 is 10.2 Å². The first kappa shape index (κ1) is 16.3. The Kier molecular flexibility index (Phi) is 4.44. The van der Waals surface area contributed by atoms with Crippen molar-refractivity contribution < 1.29 is 14.3 Å². The Morgan fingerprint density at radius 3 is 2.88 bits per heavy atom. The van der Waals surface area contributed by atoms with Gasteiger partial charge in [0.05, 0.1) is 24.6 Å². The zero-order chi connectivity index (χ0) is 17.3. The van der Waals surface area contributed by atoms with Crippen LogP contribution in [0.1, 0.15) is 16.8 Å². The molecule has 2 heterocycles. The Balaban J connectivity index is 1.76. The molecule has 0 spiro atoms. The van der Waals surface area contributed by atoms with Gasteiger partial charge >= 0.3 is 5.97 Å². The van der Waals surface area contributed by atoms with Gasteiger partial charge in [0.2, 0.25) is 5.91 Å². The lowest BCUT2D eigenvalue weighted by molar-refractivity contribution is -0.117. The molecule has 1 fully saturated rings. The summed E-state index contributed by atoms with van der Waals surface area (Å²) in [6, 6.07) is 4.44. The number of nitrogens with one attached hydrogen (secondary N) is 1. The van der Waals surface area contributed by atoms with Crippen molar-refractivity contribution >= 4 is 34.9 Å². The molecule has 24 heavy (non-hydrogen) atoms. The maximum Gasteiger partial charge on any atom is 0.337 e. The first-order chi connectivity index (χ1) is 11.5. The summed E-state index contributed by atoms with van der Waals surface area (Å²) >= 11 is 6.05. The molecular weight excluding hydrogens is 332 g/mol. The van der Waals surface area contributed by atoms with Crippen molar-refractivity contribution in [1.82, 2.24) is 9.78 Å². The van der Waals surface area contributed by atoms with Crippen molar-refractivity contribution in [2.75, 3.05) is 23.9 Å². The van der Waals surface area contributed by atoms with Crippen LogP contribution in [0.5, 0.6) is 0 Å². The third kappa shape index (κ3) is 3.21. The lowest BCUT2D eigenvalue weighted by atomic mass is 10.1. The number of aromatic nitrogens is 2. The van der Waals surface area contributed by atoms with E-state index in [1.54, 1.807) is 41.2 Å². The van der Waals surface area contributed by atoms with Crippen LogP contribution in [-0.2, 0) is 16.6 Å². The molecule has 1 aliphatic heterocycles. The standard InChI is InChI=1S/C16H17ClN4O3/c1-20-9-13(8-18-20)21-4-3-14(15(21)22)19-12-6-10(16(23)24-2)5-11(17)7-12/h5-9,14,19H,3-4H2,1-2H3/t14-/m1/s1. The number of carbonyl (C=O) groups is 2. The Bertz CT molecular complexity index is 789. The fraction of sp³-hybridized carbons (Fsp3) is 0.312. The normalized spacial score (nSPS) is 17.2. The second-order valence-electron chi connectivity index (χ2n) is 5.57. The molecular formula is C16H17ClN4O3. The summed E-state index contributed by atoms with van der Waals surface area (Å²) in [6.45, 7) is 0.604. The fourth-order valence-corrected chi connectivity index (χ4v) is 2.96. The van der Waals surface area contributed by atoms with Crippen LogP contribution in [0.4, 0.5) is 11.4 Å². The second-order valence-corrected chi connectivity index (χ2v) is 6.00. The van der Waals surface area contributed by atoms with Crippen molar-refractivity contribution in [3.8, 4) is 0 Å². The topological polar surface area (TPSA) is 76.5 Å². The fourth-order valence-electron chi connectivity index (χ4n) is 2.73. The van der Waals surface area contributed by atoms with Gasteiger partial charge < -0.3 is 15.0 Å². The minimum atomic E-state index is -0.477. The molecule has 1 aliphatic rings. The predicted octanol–water partition coefficient (Wildman–Crippen LogP) is 2.08. The molecule has 1 N–H and O–H groups in total. The average Bonchev–Trinajstić information content (AvgIpc) is 3.12. The Hall–Kier alpha value is -2.54. The van der Waals surface area contributed by atoms with Crippen molar-refractivity contribution in [2.45, 2.75) is 12.5 Å². The molecule has 126 valence electrons. The van der Waals surface area contributed by atoms with Gasteiger partial charge in [0.25, 0.3) is 0 Å². The summed E-state index contributed by atoms with van der Waals surface area (Å²) in [7, 11) is 3.11. The number of rotatable bonds is 4. The van der Waals surface area contributed by atoms with Gasteiger partial charge in [-0.3, -0.25) is 9.48 Å². The van der Waals surface area contributed by atoms with E-state index in [1.807, 2.05) is 0 Å². The number of ether oxygens (including phenoxy) is 1. The van der Waals surface area contributed by atoms with Gasteiger partial charge in [-0.2, -0.15) is 5.10 Å². The molecule has 1 amide bonds. The van der Waals surface area contributed by atoms with Crippen LogP contribution in [0, 0.1) is 0 Å². The Morgan fingerprint density at radius 1 is 1.42 bits per heavy atom. The summed E-state index contributed by atoms with van der Waals surface area (Å²) in [5.41, 5.74) is 1.71. The number of methoxy groups -OCH3 is 1. The van der Waals surface area contributed by atoms with Crippen LogP contribution >= 0.6 is 11.6 Å². The molecule has 0 saturated carbocycles. The monoisotopic (exact) mass is 348 g/mol. The largest absolute Gasteiger partial charge is 0.465 e. The molecule has 1 saturated heterocycles. The number of benzene rings is 1. The second kappa shape index (κ2) is 6.52. The molecule has 1 atom stereocenters.